The first-order valence-electron chi connectivity index (χ1n) is 10.1. The number of hydrogen-bond donors (Lipinski definition) is 1. The highest BCUT2D eigenvalue weighted by Crippen LogP contribution is 2.32. The second-order valence-electron chi connectivity index (χ2n) is 7.62. The molecule has 164 valence electrons. The molecule has 0 spiro atoms. The summed E-state index contributed by atoms with van der Waals surface area (Å²) in [4.78, 5) is 20.2. The number of carbonyl (C=O) groups is 1. The summed E-state index contributed by atoms with van der Waals surface area (Å²) in [6.07, 6.45) is 6.45. The minimum atomic E-state index is -0.250. The van der Waals surface area contributed by atoms with Gasteiger partial charge in [0, 0.05) is 18.0 Å². The van der Waals surface area contributed by atoms with E-state index in [0.29, 0.717) is 18.2 Å². The number of ether oxygens (including phenoxy) is 1. The van der Waals surface area contributed by atoms with E-state index in [1.54, 1.807) is 13.3 Å². The van der Waals surface area contributed by atoms with Crippen molar-refractivity contribution >= 4 is 28.4 Å². The van der Waals surface area contributed by atoms with Crippen LogP contribution in [0.4, 0.5) is 0 Å². The van der Waals surface area contributed by atoms with Crippen molar-refractivity contribution in [2.75, 3.05) is 27.2 Å². The van der Waals surface area contributed by atoms with E-state index < -0.39 is 0 Å². The van der Waals surface area contributed by atoms with E-state index in [9.17, 15) is 5.26 Å². The van der Waals surface area contributed by atoms with Crippen LogP contribution >= 0.6 is 0 Å². The van der Waals surface area contributed by atoms with Gasteiger partial charge in [0.1, 0.15) is 11.3 Å². The molecular formula is C22H23N7O3. The maximum absolute atomic E-state index is 9.39. The molecule has 0 aliphatic carbocycles. The summed E-state index contributed by atoms with van der Waals surface area (Å²) < 4.78 is 9.43. The molecule has 1 aliphatic rings. The molecule has 4 aromatic rings. The molecule has 0 amide bonds. The minimum Gasteiger partial charge on any atom is -0.493 e. The lowest BCUT2D eigenvalue weighted by atomic mass is 10.1. The number of imidazole rings is 1. The number of rotatable bonds is 4. The van der Waals surface area contributed by atoms with Crippen LogP contribution in [-0.4, -0.2) is 68.0 Å². The van der Waals surface area contributed by atoms with Crippen LogP contribution in [0.25, 0.3) is 21.9 Å². The van der Waals surface area contributed by atoms with Crippen molar-refractivity contribution in [2.24, 2.45) is 0 Å². The third-order valence-electron chi connectivity index (χ3n) is 5.60. The zero-order valence-electron chi connectivity index (χ0n) is 17.8. The van der Waals surface area contributed by atoms with Gasteiger partial charge in [-0.25, -0.2) is 4.98 Å². The fourth-order valence-corrected chi connectivity index (χ4v) is 4.20. The third kappa shape index (κ3) is 3.98. The maximum Gasteiger partial charge on any atom is 0.290 e. The smallest absolute Gasteiger partial charge is 0.290 e. The fraction of sp³-hybridized carbons (Fsp3) is 0.318. The Labute approximate surface area is 184 Å². The number of fused-ring (bicyclic) bond motifs is 3. The van der Waals surface area contributed by atoms with Crippen LogP contribution in [0.5, 0.6) is 5.75 Å². The molecule has 1 saturated heterocycles. The Morgan fingerprint density at radius 3 is 2.81 bits per heavy atom. The van der Waals surface area contributed by atoms with Crippen LogP contribution < -0.4 is 4.74 Å². The molecule has 5 rings (SSSR count). The molecule has 0 saturated carbocycles. The topological polar surface area (TPSA) is 122 Å². The molecule has 1 N–H and O–H groups in total. The van der Waals surface area contributed by atoms with Crippen molar-refractivity contribution in [1.82, 2.24) is 29.2 Å². The summed E-state index contributed by atoms with van der Waals surface area (Å²) in [6, 6.07) is 8.19. The summed E-state index contributed by atoms with van der Waals surface area (Å²) in [5, 5.41) is 21.6. The number of carboxylic acid groups (broad SMARTS) is 1. The summed E-state index contributed by atoms with van der Waals surface area (Å²) in [5.41, 5.74) is 3.38. The van der Waals surface area contributed by atoms with Crippen LogP contribution in [0.1, 0.15) is 23.9 Å². The molecular weight excluding hydrogens is 410 g/mol. The van der Waals surface area contributed by atoms with Gasteiger partial charge >= 0.3 is 0 Å². The highest BCUT2D eigenvalue weighted by Gasteiger charge is 2.27. The second-order valence-corrected chi connectivity index (χ2v) is 7.62. The minimum absolute atomic E-state index is 0.250. The molecule has 0 unspecified atom stereocenters. The van der Waals surface area contributed by atoms with Crippen molar-refractivity contribution in [3.63, 3.8) is 0 Å². The van der Waals surface area contributed by atoms with Crippen LogP contribution in [0.15, 0.2) is 36.8 Å². The van der Waals surface area contributed by atoms with Gasteiger partial charge in [0.15, 0.2) is 5.75 Å². The largest absolute Gasteiger partial charge is 0.493 e. The Bertz CT molecular complexity index is 1300. The van der Waals surface area contributed by atoms with Crippen molar-refractivity contribution < 1.29 is 14.6 Å². The standard InChI is InChI=1S/C21H21N7O.CH2O2/c1-26-6-5-15(11-26)28-20(13-27-12-16(29-2)9-24-27)25-19-10-23-18-4-3-14(8-22)7-17(18)21(19)28;2-1-3/h3-4,7,9-10,12,15H,5-6,11,13H2,1-2H3;1H,(H,2,3)/t15-;/m1./s1. The predicted molar refractivity (Wildman–Crippen MR) is 117 cm³/mol. The van der Waals surface area contributed by atoms with Crippen molar-refractivity contribution in [3.05, 3.63) is 48.2 Å². The van der Waals surface area contributed by atoms with E-state index in [0.717, 1.165) is 53.0 Å². The summed E-state index contributed by atoms with van der Waals surface area (Å²) in [5.74, 6) is 1.65. The Hall–Kier alpha value is -3.97. The van der Waals surface area contributed by atoms with E-state index in [1.165, 1.54) is 0 Å². The lowest BCUT2D eigenvalue weighted by Gasteiger charge is -2.18. The van der Waals surface area contributed by atoms with Crippen molar-refractivity contribution in [1.29, 1.82) is 5.26 Å². The van der Waals surface area contributed by atoms with Gasteiger partial charge in [-0.15, -0.1) is 0 Å². The number of pyridine rings is 1. The van der Waals surface area contributed by atoms with Gasteiger partial charge in [-0.05, 0) is 38.2 Å². The van der Waals surface area contributed by atoms with E-state index in [-0.39, 0.29) is 6.47 Å². The molecule has 1 fully saturated rings. The molecule has 0 radical (unpaired) electrons. The first kappa shape index (κ1) is 21.3. The quantitative estimate of drug-likeness (QED) is 0.487. The van der Waals surface area contributed by atoms with Gasteiger partial charge in [-0.2, -0.15) is 10.4 Å². The van der Waals surface area contributed by atoms with E-state index in [2.05, 4.69) is 32.7 Å². The Balaban J connectivity index is 0.000000775. The Morgan fingerprint density at radius 2 is 2.16 bits per heavy atom. The van der Waals surface area contributed by atoms with Crippen LogP contribution in [-0.2, 0) is 11.3 Å². The van der Waals surface area contributed by atoms with Crippen LogP contribution in [0, 0.1) is 11.3 Å². The second kappa shape index (κ2) is 9.03. The van der Waals surface area contributed by atoms with Gasteiger partial charge in [0.05, 0.1) is 54.9 Å². The molecule has 0 bridgehead atoms. The van der Waals surface area contributed by atoms with E-state index in [1.807, 2.05) is 35.3 Å². The number of nitriles is 1. The zero-order valence-corrected chi connectivity index (χ0v) is 17.8. The first-order chi connectivity index (χ1) is 15.6. The number of nitrogens with zero attached hydrogens (tertiary/aromatic N) is 7. The van der Waals surface area contributed by atoms with E-state index >= 15 is 0 Å². The summed E-state index contributed by atoms with van der Waals surface area (Å²) >= 11 is 0. The van der Waals surface area contributed by atoms with Gasteiger partial charge < -0.3 is 19.3 Å². The molecule has 10 heteroatoms. The number of aromatic nitrogens is 5. The van der Waals surface area contributed by atoms with Gasteiger partial charge in [0.25, 0.3) is 6.47 Å². The van der Waals surface area contributed by atoms with Gasteiger partial charge in [0.2, 0.25) is 0 Å². The predicted octanol–water partition coefficient (Wildman–Crippen LogP) is 2.29. The number of likely N-dealkylation sites (tertiary alicyclic amines) is 1. The van der Waals surface area contributed by atoms with Gasteiger partial charge in [-0.3, -0.25) is 14.5 Å². The normalized spacial score (nSPS) is 16.0. The van der Waals surface area contributed by atoms with Gasteiger partial charge in [-0.1, -0.05) is 0 Å². The molecule has 1 aliphatic heterocycles. The van der Waals surface area contributed by atoms with Crippen LogP contribution in [0.3, 0.4) is 0 Å². The van der Waals surface area contributed by atoms with Crippen molar-refractivity contribution in [2.45, 2.75) is 19.0 Å². The van der Waals surface area contributed by atoms with E-state index in [4.69, 9.17) is 19.6 Å². The van der Waals surface area contributed by atoms with Crippen molar-refractivity contribution in [3.8, 4) is 11.8 Å². The molecule has 10 nitrogen and oxygen atoms in total. The SMILES string of the molecule is COc1cnn(Cc2nc3cnc4ccc(C#N)cc4c3n2[C@@H]2CCN(C)C2)c1.O=CO. The third-order valence-corrected chi connectivity index (χ3v) is 5.60. The fourth-order valence-electron chi connectivity index (χ4n) is 4.20. The average molecular weight is 433 g/mol. The lowest BCUT2D eigenvalue weighted by molar-refractivity contribution is -0.122. The highest BCUT2D eigenvalue weighted by molar-refractivity contribution is 6.02. The first-order valence-corrected chi connectivity index (χ1v) is 10.1. The monoisotopic (exact) mass is 433 g/mol. The summed E-state index contributed by atoms with van der Waals surface area (Å²) in [6.45, 7) is 2.30. The average Bonchev–Trinajstić information content (AvgIpc) is 3.52. The number of methoxy groups -OCH3 is 1. The molecule has 32 heavy (non-hydrogen) atoms. The Kier molecular flexibility index (Phi) is 6.00. The molecule has 4 heterocycles. The summed E-state index contributed by atoms with van der Waals surface area (Å²) in [7, 11) is 3.78. The lowest BCUT2D eigenvalue weighted by Crippen LogP contribution is -2.19. The number of benzene rings is 1. The Morgan fingerprint density at radius 1 is 1.34 bits per heavy atom. The maximum atomic E-state index is 9.39. The number of hydrogen-bond acceptors (Lipinski definition) is 7. The van der Waals surface area contributed by atoms with Crippen LogP contribution in [0.2, 0.25) is 0 Å². The zero-order chi connectivity index (χ0) is 22.7. The number of likely N-dealkylation sites (N-methyl/N-ethyl adjacent to an activating group) is 1. The molecule has 1 atom stereocenters. The highest BCUT2D eigenvalue weighted by atomic mass is 16.5. The molecule has 3 aromatic heterocycles. The molecule has 1 aromatic carbocycles.